The lowest BCUT2D eigenvalue weighted by Gasteiger charge is -2.43. The molecule has 3 nitrogen and oxygen atoms in total. The molecule has 19 heavy (non-hydrogen) atoms. The zero-order chi connectivity index (χ0) is 13.9. The fourth-order valence-electron chi connectivity index (χ4n) is 2.87. The van der Waals surface area contributed by atoms with Gasteiger partial charge in [0, 0.05) is 5.54 Å². The third-order valence-corrected chi connectivity index (χ3v) is 4.23. The molecule has 0 bridgehead atoms. The monoisotopic (exact) mass is 266 g/mol. The van der Waals surface area contributed by atoms with Gasteiger partial charge in [-0.1, -0.05) is 6.07 Å². The third kappa shape index (κ3) is 3.07. The molecule has 1 aliphatic heterocycles. The van der Waals surface area contributed by atoms with Gasteiger partial charge in [0.2, 0.25) is 0 Å². The van der Waals surface area contributed by atoms with Gasteiger partial charge in [-0.2, -0.15) is 0 Å². The Balaban J connectivity index is 2.19. The van der Waals surface area contributed by atoms with E-state index in [-0.39, 0.29) is 11.4 Å². The van der Waals surface area contributed by atoms with Gasteiger partial charge in [0.25, 0.3) is 0 Å². The molecule has 1 N–H and O–H groups in total. The minimum Gasteiger partial charge on any atom is -0.494 e. The van der Waals surface area contributed by atoms with Crippen LogP contribution < -0.4 is 10.1 Å². The molecule has 0 atom stereocenters. The Hall–Kier alpha value is -1.13. The van der Waals surface area contributed by atoms with Crippen LogP contribution in [0.15, 0.2) is 18.2 Å². The first-order chi connectivity index (χ1) is 9.07. The van der Waals surface area contributed by atoms with Gasteiger partial charge in [-0.3, -0.25) is 0 Å². The molecular formula is C15H23FN2O. The zero-order valence-electron chi connectivity index (χ0n) is 12.0. The summed E-state index contributed by atoms with van der Waals surface area (Å²) in [6, 6.07) is 5.29. The maximum Gasteiger partial charge on any atom is 0.165 e. The Morgan fingerprint density at radius 3 is 2.53 bits per heavy atom. The maximum absolute atomic E-state index is 13.8. The number of rotatable bonds is 4. The summed E-state index contributed by atoms with van der Waals surface area (Å²) in [4.78, 5) is 2.29. The summed E-state index contributed by atoms with van der Waals surface area (Å²) >= 11 is 0. The summed E-state index contributed by atoms with van der Waals surface area (Å²) in [7, 11) is 5.72. The number of nitrogens with one attached hydrogen (secondary N) is 1. The normalized spacial score (nSPS) is 18.6. The van der Waals surface area contributed by atoms with Crippen LogP contribution in [0.4, 0.5) is 4.39 Å². The third-order valence-electron chi connectivity index (χ3n) is 4.23. The summed E-state index contributed by atoms with van der Waals surface area (Å²) in [5.41, 5.74) is 1.17. The van der Waals surface area contributed by atoms with Gasteiger partial charge in [-0.25, -0.2) is 4.39 Å². The lowest BCUT2D eigenvalue weighted by molar-refractivity contribution is 0.108. The van der Waals surface area contributed by atoms with Crippen LogP contribution in [-0.2, 0) is 6.42 Å². The highest BCUT2D eigenvalue weighted by molar-refractivity contribution is 5.30. The SMILES string of the molecule is COc1ccc(CC2(N(C)C)CCNCC2)cc1F. The van der Waals surface area contributed by atoms with Crippen molar-refractivity contribution in [3.8, 4) is 5.75 Å². The molecule has 0 aliphatic carbocycles. The van der Waals surface area contributed by atoms with Crippen LogP contribution in [-0.4, -0.2) is 44.7 Å². The summed E-state index contributed by atoms with van der Waals surface area (Å²) in [6.45, 7) is 2.05. The molecule has 1 saturated heterocycles. The van der Waals surface area contributed by atoms with Crippen molar-refractivity contribution >= 4 is 0 Å². The topological polar surface area (TPSA) is 24.5 Å². The number of hydrogen-bond acceptors (Lipinski definition) is 3. The van der Waals surface area contributed by atoms with E-state index >= 15 is 0 Å². The van der Waals surface area contributed by atoms with Crippen molar-refractivity contribution in [2.24, 2.45) is 0 Å². The predicted octanol–water partition coefficient (Wildman–Crippen LogP) is 2.06. The Morgan fingerprint density at radius 2 is 2.00 bits per heavy atom. The molecule has 4 heteroatoms. The van der Waals surface area contributed by atoms with E-state index in [1.807, 2.05) is 6.07 Å². The summed E-state index contributed by atoms with van der Waals surface area (Å²) in [5, 5.41) is 3.39. The van der Waals surface area contributed by atoms with Crippen LogP contribution in [0.25, 0.3) is 0 Å². The molecule has 0 amide bonds. The van der Waals surface area contributed by atoms with Crippen molar-refractivity contribution < 1.29 is 9.13 Å². The Kier molecular flexibility index (Phi) is 4.42. The van der Waals surface area contributed by atoms with Crippen molar-refractivity contribution in [2.45, 2.75) is 24.8 Å². The Bertz CT molecular complexity index is 428. The second-order valence-electron chi connectivity index (χ2n) is 5.51. The largest absolute Gasteiger partial charge is 0.494 e. The summed E-state index contributed by atoms with van der Waals surface area (Å²) < 4.78 is 18.7. The molecule has 1 heterocycles. The number of halogens is 1. The quantitative estimate of drug-likeness (QED) is 0.903. The number of nitrogens with zero attached hydrogens (tertiary/aromatic N) is 1. The number of hydrogen-bond donors (Lipinski definition) is 1. The highest BCUT2D eigenvalue weighted by atomic mass is 19.1. The lowest BCUT2D eigenvalue weighted by Crippen LogP contribution is -2.53. The van der Waals surface area contributed by atoms with E-state index in [9.17, 15) is 4.39 Å². The average Bonchev–Trinajstić information content (AvgIpc) is 2.40. The minimum absolute atomic E-state index is 0.131. The molecule has 1 aromatic carbocycles. The number of piperidine rings is 1. The highest BCUT2D eigenvalue weighted by Crippen LogP contribution is 2.29. The van der Waals surface area contributed by atoms with Crippen LogP contribution in [0.5, 0.6) is 5.75 Å². The summed E-state index contributed by atoms with van der Waals surface area (Å²) in [5.74, 6) is 0.0378. The van der Waals surface area contributed by atoms with Crippen molar-refractivity contribution in [1.29, 1.82) is 0 Å². The van der Waals surface area contributed by atoms with E-state index in [2.05, 4.69) is 24.3 Å². The van der Waals surface area contributed by atoms with Crippen LogP contribution in [0.2, 0.25) is 0 Å². The first-order valence-corrected chi connectivity index (χ1v) is 6.78. The van der Waals surface area contributed by atoms with Gasteiger partial charge in [0.15, 0.2) is 11.6 Å². The van der Waals surface area contributed by atoms with E-state index in [4.69, 9.17) is 4.74 Å². The molecule has 1 fully saturated rings. The lowest BCUT2D eigenvalue weighted by atomic mass is 9.81. The minimum atomic E-state index is -0.275. The van der Waals surface area contributed by atoms with Crippen molar-refractivity contribution in [1.82, 2.24) is 10.2 Å². The smallest absolute Gasteiger partial charge is 0.165 e. The first kappa shape index (κ1) is 14.3. The maximum atomic E-state index is 13.8. The fourth-order valence-corrected chi connectivity index (χ4v) is 2.87. The number of likely N-dealkylation sites (N-methyl/N-ethyl adjacent to an activating group) is 1. The average molecular weight is 266 g/mol. The number of ether oxygens (including phenoxy) is 1. The van der Waals surface area contributed by atoms with Gasteiger partial charge in [0.05, 0.1) is 7.11 Å². The standard InChI is InChI=1S/C15H23FN2O/c1-18(2)15(6-8-17-9-7-15)11-12-4-5-14(19-3)13(16)10-12/h4-5,10,17H,6-9,11H2,1-3H3. The van der Waals surface area contributed by atoms with Gasteiger partial charge in [0.1, 0.15) is 0 Å². The van der Waals surface area contributed by atoms with Crippen LogP contribution in [0, 0.1) is 5.82 Å². The molecule has 0 saturated carbocycles. The molecule has 0 radical (unpaired) electrons. The van der Waals surface area contributed by atoms with Gasteiger partial charge < -0.3 is 15.0 Å². The van der Waals surface area contributed by atoms with Gasteiger partial charge in [-0.05, 0) is 64.1 Å². The predicted molar refractivity (Wildman–Crippen MR) is 75.2 cm³/mol. The molecular weight excluding hydrogens is 243 g/mol. The van der Waals surface area contributed by atoms with Gasteiger partial charge >= 0.3 is 0 Å². The molecule has 0 spiro atoms. The van der Waals surface area contributed by atoms with Crippen LogP contribution >= 0.6 is 0 Å². The van der Waals surface area contributed by atoms with Crippen molar-refractivity contribution in [3.63, 3.8) is 0 Å². The summed E-state index contributed by atoms with van der Waals surface area (Å²) in [6.07, 6.45) is 3.06. The van der Waals surface area contributed by atoms with E-state index in [0.717, 1.165) is 37.9 Å². The van der Waals surface area contributed by atoms with E-state index < -0.39 is 0 Å². The fraction of sp³-hybridized carbons (Fsp3) is 0.600. The molecule has 0 aromatic heterocycles. The molecule has 106 valence electrons. The molecule has 1 aliphatic rings. The Morgan fingerprint density at radius 1 is 1.32 bits per heavy atom. The van der Waals surface area contributed by atoms with Crippen molar-refractivity contribution in [2.75, 3.05) is 34.3 Å². The van der Waals surface area contributed by atoms with E-state index in [1.54, 1.807) is 12.1 Å². The zero-order valence-corrected chi connectivity index (χ0v) is 12.0. The second kappa shape index (κ2) is 5.88. The highest BCUT2D eigenvalue weighted by Gasteiger charge is 2.34. The Labute approximate surface area is 114 Å². The van der Waals surface area contributed by atoms with Crippen LogP contribution in [0.3, 0.4) is 0 Å². The molecule has 1 aromatic rings. The van der Waals surface area contributed by atoms with E-state index in [0.29, 0.717) is 5.75 Å². The number of methoxy groups -OCH3 is 1. The van der Waals surface area contributed by atoms with Crippen LogP contribution in [0.1, 0.15) is 18.4 Å². The van der Waals surface area contributed by atoms with E-state index in [1.165, 1.54) is 7.11 Å². The number of benzene rings is 1. The van der Waals surface area contributed by atoms with Crippen molar-refractivity contribution in [3.05, 3.63) is 29.6 Å². The second-order valence-corrected chi connectivity index (χ2v) is 5.51. The molecule has 0 unspecified atom stereocenters. The first-order valence-electron chi connectivity index (χ1n) is 6.78. The van der Waals surface area contributed by atoms with Gasteiger partial charge in [-0.15, -0.1) is 0 Å². The molecule has 2 rings (SSSR count).